The number of aromatic nitrogens is 1. The molecule has 9 heteroatoms. The van der Waals surface area contributed by atoms with Crippen LogP contribution in [-0.2, 0) is 21.2 Å². The normalized spacial score (nSPS) is 12.8. The monoisotopic (exact) mass is 484 g/mol. The van der Waals surface area contributed by atoms with Crippen LogP contribution in [0, 0.1) is 3.57 Å². The number of carbonyl (C=O) groups excluding carboxylic acids is 1. The molecule has 136 valence electrons. The third kappa shape index (κ3) is 4.06. The van der Waals surface area contributed by atoms with Crippen molar-refractivity contribution in [1.29, 1.82) is 0 Å². The molecule has 26 heavy (non-hydrogen) atoms. The van der Waals surface area contributed by atoms with E-state index in [1.54, 1.807) is 18.3 Å². The van der Waals surface area contributed by atoms with E-state index in [2.05, 4.69) is 32.3 Å². The highest BCUT2D eigenvalue weighted by Gasteiger charge is 2.26. The summed E-state index contributed by atoms with van der Waals surface area (Å²) in [7, 11) is -3.87. The summed E-state index contributed by atoms with van der Waals surface area (Å²) in [5.41, 5.74) is 3.76. The third-order valence-electron chi connectivity index (χ3n) is 3.98. The van der Waals surface area contributed by atoms with Crippen molar-refractivity contribution in [3.63, 3.8) is 0 Å². The summed E-state index contributed by atoms with van der Waals surface area (Å²) >= 11 is 2.09. The van der Waals surface area contributed by atoms with Gasteiger partial charge >= 0.3 is 0 Å². The zero-order valence-corrected chi connectivity index (χ0v) is 16.5. The Labute approximate surface area is 164 Å². The van der Waals surface area contributed by atoms with Crippen LogP contribution in [0.15, 0.2) is 59.6 Å². The van der Waals surface area contributed by atoms with E-state index in [1.807, 2.05) is 29.7 Å². The van der Waals surface area contributed by atoms with Crippen LogP contribution in [0.3, 0.4) is 0 Å². The van der Waals surface area contributed by atoms with Crippen molar-refractivity contribution in [3.8, 4) is 0 Å². The Morgan fingerprint density at radius 1 is 1.15 bits per heavy atom. The molecular formula is C17H17IN4O3S. The number of carbonyl (C=O) groups is 1. The molecule has 0 radical (unpaired) electrons. The largest absolute Gasteiger partial charge is 0.361 e. The first-order valence-electron chi connectivity index (χ1n) is 7.74. The highest BCUT2D eigenvalue weighted by Crippen LogP contribution is 2.20. The van der Waals surface area contributed by atoms with Crippen LogP contribution in [-0.4, -0.2) is 25.4 Å². The molecule has 7 nitrogen and oxygen atoms in total. The number of rotatable bonds is 6. The van der Waals surface area contributed by atoms with Gasteiger partial charge in [0, 0.05) is 20.7 Å². The van der Waals surface area contributed by atoms with Gasteiger partial charge in [0.25, 0.3) is 5.91 Å². The molecule has 0 aliphatic carbocycles. The second kappa shape index (κ2) is 7.74. The van der Waals surface area contributed by atoms with Crippen molar-refractivity contribution < 1.29 is 13.2 Å². The molecule has 0 aliphatic rings. The predicted molar refractivity (Wildman–Crippen MR) is 108 cm³/mol. The van der Waals surface area contributed by atoms with Crippen LogP contribution < -0.4 is 16.0 Å². The fourth-order valence-corrected chi connectivity index (χ4v) is 4.23. The summed E-state index contributed by atoms with van der Waals surface area (Å²) in [6.45, 7) is 0. The smallest absolute Gasteiger partial charge is 0.252 e. The number of nitrogens with one attached hydrogen (secondary N) is 3. The van der Waals surface area contributed by atoms with Crippen molar-refractivity contribution in [2.75, 3.05) is 0 Å². The van der Waals surface area contributed by atoms with E-state index in [1.165, 1.54) is 12.1 Å². The Balaban J connectivity index is 1.89. The maximum atomic E-state index is 12.6. The molecular weight excluding hydrogens is 467 g/mol. The Bertz CT molecular complexity index is 1030. The summed E-state index contributed by atoms with van der Waals surface area (Å²) in [4.78, 5) is 15.4. The number of fused-ring (bicyclic) bond motifs is 1. The molecule has 0 fully saturated rings. The van der Waals surface area contributed by atoms with Gasteiger partial charge in [-0.1, -0.05) is 18.2 Å². The van der Waals surface area contributed by atoms with Gasteiger partial charge in [-0.3, -0.25) is 10.2 Å². The summed E-state index contributed by atoms with van der Waals surface area (Å²) < 4.78 is 28.6. The molecule has 0 saturated heterocycles. The van der Waals surface area contributed by atoms with Gasteiger partial charge in [-0.25, -0.2) is 14.3 Å². The predicted octanol–water partition coefficient (Wildman–Crippen LogP) is 1.65. The molecule has 1 heterocycles. The fourth-order valence-electron chi connectivity index (χ4n) is 2.68. The van der Waals surface area contributed by atoms with E-state index in [0.29, 0.717) is 0 Å². The third-order valence-corrected chi connectivity index (χ3v) is 6.19. The molecule has 0 aliphatic heterocycles. The van der Waals surface area contributed by atoms with Gasteiger partial charge in [-0.15, -0.1) is 0 Å². The Kier molecular flexibility index (Phi) is 5.61. The topological polar surface area (TPSA) is 117 Å². The Morgan fingerprint density at radius 3 is 2.54 bits per heavy atom. The fraction of sp³-hybridized carbons (Fsp3) is 0.118. The van der Waals surface area contributed by atoms with Crippen LogP contribution in [0.2, 0.25) is 0 Å². The molecule has 1 unspecified atom stereocenters. The van der Waals surface area contributed by atoms with Crippen molar-refractivity contribution in [3.05, 3.63) is 63.9 Å². The van der Waals surface area contributed by atoms with E-state index < -0.39 is 22.0 Å². The minimum atomic E-state index is -3.87. The van der Waals surface area contributed by atoms with Crippen LogP contribution in [0.1, 0.15) is 5.56 Å². The average molecular weight is 484 g/mol. The van der Waals surface area contributed by atoms with Crippen molar-refractivity contribution in [2.24, 2.45) is 5.84 Å². The van der Waals surface area contributed by atoms with Crippen molar-refractivity contribution in [1.82, 2.24) is 15.1 Å². The number of amides is 1. The van der Waals surface area contributed by atoms with Gasteiger partial charge in [0.2, 0.25) is 10.0 Å². The maximum Gasteiger partial charge on any atom is 0.252 e. The first-order valence-corrected chi connectivity index (χ1v) is 10.3. The molecule has 1 atom stereocenters. The second-order valence-corrected chi connectivity index (χ2v) is 8.66. The molecule has 0 spiro atoms. The molecule has 1 amide bonds. The van der Waals surface area contributed by atoms with Gasteiger partial charge in [-0.05, 0) is 64.9 Å². The Hall–Kier alpha value is -1.95. The molecule has 3 aromatic rings. The second-order valence-electron chi connectivity index (χ2n) is 5.70. The Morgan fingerprint density at radius 2 is 1.85 bits per heavy atom. The molecule has 1 aromatic heterocycles. The van der Waals surface area contributed by atoms with E-state index in [9.17, 15) is 13.2 Å². The number of hydrogen-bond donors (Lipinski definition) is 4. The quantitative estimate of drug-likeness (QED) is 0.184. The highest BCUT2D eigenvalue weighted by atomic mass is 127. The highest BCUT2D eigenvalue weighted by molar-refractivity contribution is 14.1. The van der Waals surface area contributed by atoms with Gasteiger partial charge < -0.3 is 4.98 Å². The number of aromatic amines is 1. The van der Waals surface area contributed by atoms with Gasteiger partial charge in [0.15, 0.2) is 0 Å². The zero-order chi connectivity index (χ0) is 18.7. The number of H-pyrrole nitrogens is 1. The lowest BCUT2D eigenvalue weighted by atomic mass is 10.1. The number of hydrogen-bond acceptors (Lipinski definition) is 4. The summed E-state index contributed by atoms with van der Waals surface area (Å²) in [5.74, 6) is 4.64. The minimum Gasteiger partial charge on any atom is -0.361 e. The lowest BCUT2D eigenvalue weighted by molar-refractivity contribution is -0.122. The van der Waals surface area contributed by atoms with Gasteiger partial charge in [-0.2, -0.15) is 4.72 Å². The molecule has 3 rings (SSSR count). The van der Waals surface area contributed by atoms with E-state index in [4.69, 9.17) is 5.84 Å². The van der Waals surface area contributed by atoms with E-state index in [0.717, 1.165) is 20.0 Å². The van der Waals surface area contributed by atoms with Crippen LogP contribution in [0.25, 0.3) is 10.9 Å². The van der Waals surface area contributed by atoms with Crippen molar-refractivity contribution in [2.45, 2.75) is 17.4 Å². The standard InChI is InChI=1S/C17H17IN4O3S/c18-12-5-7-13(8-6-12)26(24,25)22-16(17(23)21-19)9-11-10-20-15-4-2-1-3-14(11)15/h1-8,10,16,20,22H,9,19H2,(H,21,23). The maximum absolute atomic E-state index is 12.6. The number of sulfonamides is 1. The number of benzene rings is 2. The van der Waals surface area contributed by atoms with E-state index in [-0.39, 0.29) is 11.3 Å². The SMILES string of the molecule is NNC(=O)C(Cc1c[nH]c2ccccc12)NS(=O)(=O)c1ccc(I)cc1. The summed E-state index contributed by atoms with van der Waals surface area (Å²) in [5, 5.41) is 0.927. The van der Waals surface area contributed by atoms with Crippen LogP contribution in [0.5, 0.6) is 0 Å². The van der Waals surface area contributed by atoms with Gasteiger partial charge in [0.1, 0.15) is 6.04 Å². The molecule has 2 aromatic carbocycles. The molecule has 5 N–H and O–H groups in total. The number of hydrazine groups is 1. The minimum absolute atomic E-state index is 0.0895. The number of halogens is 1. The average Bonchev–Trinajstić information content (AvgIpc) is 3.04. The number of nitrogens with two attached hydrogens (primary N) is 1. The molecule has 0 saturated carbocycles. The lowest BCUT2D eigenvalue weighted by Crippen LogP contribution is -2.49. The molecule has 0 bridgehead atoms. The van der Waals surface area contributed by atoms with Crippen LogP contribution >= 0.6 is 22.6 Å². The first-order chi connectivity index (χ1) is 12.4. The lowest BCUT2D eigenvalue weighted by Gasteiger charge is -2.17. The van der Waals surface area contributed by atoms with Crippen molar-refractivity contribution >= 4 is 49.4 Å². The van der Waals surface area contributed by atoms with E-state index >= 15 is 0 Å². The van der Waals surface area contributed by atoms with Crippen LogP contribution in [0.4, 0.5) is 0 Å². The zero-order valence-electron chi connectivity index (χ0n) is 13.6. The first kappa shape index (κ1) is 18.8. The number of para-hydroxylation sites is 1. The summed E-state index contributed by atoms with van der Waals surface area (Å²) in [6, 6.07) is 12.9. The summed E-state index contributed by atoms with van der Waals surface area (Å²) in [6.07, 6.45) is 1.93. The van der Waals surface area contributed by atoms with Gasteiger partial charge in [0.05, 0.1) is 4.90 Å².